The summed E-state index contributed by atoms with van der Waals surface area (Å²) in [5, 5.41) is 7.69. The van der Waals surface area contributed by atoms with Crippen LogP contribution in [0.1, 0.15) is 11.1 Å². The molecule has 6 nitrogen and oxygen atoms in total. The van der Waals surface area contributed by atoms with Crippen LogP contribution in [0.5, 0.6) is 0 Å². The van der Waals surface area contributed by atoms with Gasteiger partial charge < -0.3 is 5.32 Å². The minimum Gasteiger partial charge on any atom is -0.357 e. The SMILES string of the molecule is Cn1c(=O)n(C)c2cc(/C=N\NC(=S)NCc3ccccc3)ccc21. The molecule has 1 aromatic heterocycles. The van der Waals surface area contributed by atoms with Gasteiger partial charge in [0.15, 0.2) is 5.11 Å². The van der Waals surface area contributed by atoms with E-state index in [4.69, 9.17) is 12.2 Å². The Bertz CT molecular complexity index is 988. The molecule has 0 unspecified atom stereocenters. The van der Waals surface area contributed by atoms with Crippen molar-refractivity contribution >= 4 is 34.6 Å². The lowest BCUT2D eigenvalue weighted by Crippen LogP contribution is -2.31. The monoisotopic (exact) mass is 353 g/mol. The molecule has 0 bridgehead atoms. The highest BCUT2D eigenvalue weighted by atomic mass is 32.1. The zero-order valence-corrected chi connectivity index (χ0v) is 14.9. The van der Waals surface area contributed by atoms with E-state index in [-0.39, 0.29) is 5.69 Å². The van der Waals surface area contributed by atoms with Gasteiger partial charge in [0, 0.05) is 20.6 Å². The summed E-state index contributed by atoms with van der Waals surface area (Å²) in [6.45, 7) is 0.639. The second-order valence-corrected chi connectivity index (χ2v) is 6.10. The van der Waals surface area contributed by atoms with Crippen LogP contribution in [-0.2, 0) is 20.6 Å². The van der Waals surface area contributed by atoms with Crippen molar-refractivity contribution in [2.24, 2.45) is 19.2 Å². The van der Waals surface area contributed by atoms with Crippen molar-refractivity contribution in [3.05, 3.63) is 70.1 Å². The number of aryl methyl sites for hydroxylation is 2. The van der Waals surface area contributed by atoms with E-state index < -0.39 is 0 Å². The number of aromatic nitrogens is 2. The average molecular weight is 353 g/mol. The predicted molar refractivity (Wildman–Crippen MR) is 105 cm³/mol. The first-order chi connectivity index (χ1) is 12.1. The van der Waals surface area contributed by atoms with Crippen LogP contribution in [0.4, 0.5) is 0 Å². The first-order valence-electron chi connectivity index (χ1n) is 7.82. The van der Waals surface area contributed by atoms with Gasteiger partial charge in [-0.1, -0.05) is 36.4 Å². The Hall–Kier alpha value is -2.93. The number of benzene rings is 2. The Morgan fingerprint density at radius 1 is 1.12 bits per heavy atom. The summed E-state index contributed by atoms with van der Waals surface area (Å²) < 4.78 is 3.24. The zero-order valence-electron chi connectivity index (χ0n) is 14.1. The molecule has 0 fully saturated rings. The lowest BCUT2D eigenvalue weighted by atomic mass is 10.2. The summed E-state index contributed by atoms with van der Waals surface area (Å²) in [4.78, 5) is 11.9. The molecule has 0 saturated heterocycles. The molecule has 0 aliphatic carbocycles. The highest BCUT2D eigenvalue weighted by Crippen LogP contribution is 2.12. The van der Waals surface area contributed by atoms with Gasteiger partial charge in [-0.05, 0) is 35.5 Å². The maximum Gasteiger partial charge on any atom is 0.328 e. The van der Waals surface area contributed by atoms with E-state index in [1.807, 2.05) is 48.5 Å². The number of rotatable bonds is 4. The number of nitrogens with one attached hydrogen (secondary N) is 2. The molecule has 1 heterocycles. The largest absolute Gasteiger partial charge is 0.357 e. The van der Waals surface area contributed by atoms with Crippen LogP contribution < -0.4 is 16.4 Å². The Balaban J connectivity index is 1.62. The summed E-state index contributed by atoms with van der Waals surface area (Å²) in [6, 6.07) is 15.7. The fraction of sp³-hybridized carbons (Fsp3) is 0.167. The molecule has 7 heteroatoms. The number of nitrogens with zero attached hydrogens (tertiary/aromatic N) is 3. The molecular weight excluding hydrogens is 334 g/mol. The third-order valence-corrected chi connectivity index (χ3v) is 4.21. The Kier molecular flexibility index (Phi) is 4.95. The number of fused-ring (bicyclic) bond motifs is 1. The van der Waals surface area contributed by atoms with Gasteiger partial charge in [0.1, 0.15) is 0 Å². The van der Waals surface area contributed by atoms with E-state index in [9.17, 15) is 4.79 Å². The van der Waals surface area contributed by atoms with Crippen molar-refractivity contribution in [2.45, 2.75) is 6.54 Å². The number of imidazole rings is 1. The summed E-state index contributed by atoms with van der Waals surface area (Å²) in [6.07, 6.45) is 1.67. The van der Waals surface area contributed by atoms with Gasteiger partial charge in [0.2, 0.25) is 0 Å². The second-order valence-electron chi connectivity index (χ2n) is 5.69. The van der Waals surface area contributed by atoms with E-state index in [0.717, 1.165) is 22.2 Å². The molecular formula is C18H19N5OS. The van der Waals surface area contributed by atoms with Gasteiger partial charge in [-0.15, -0.1) is 0 Å². The van der Waals surface area contributed by atoms with Gasteiger partial charge in [-0.3, -0.25) is 14.6 Å². The molecule has 2 aromatic carbocycles. The molecule has 0 aliphatic heterocycles. The van der Waals surface area contributed by atoms with Crippen molar-refractivity contribution in [2.75, 3.05) is 0 Å². The first-order valence-corrected chi connectivity index (χ1v) is 8.23. The van der Waals surface area contributed by atoms with Crippen LogP contribution >= 0.6 is 12.2 Å². The Morgan fingerprint density at radius 3 is 2.60 bits per heavy atom. The highest BCUT2D eigenvalue weighted by Gasteiger charge is 2.07. The van der Waals surface area contributed by atoms with E-state index in [1.165, 1.54) is 0 Å². The molecule has 0 radical (unpaired) electrons. The maximum absolute atomic E-state index is 11.9. The first kappa shape index (κ1) is 16.9. The van der Waals surface area contributed by atoms with Crippen molar-refractivity contribution in [1.82, 2.24) is 19.9 Å². The van der Waals surface area contributed by atoms with E-state index in [0.29, 0.717) is 11.7 Å². The molecule has 0 spiro atoms. The summed E-state index contributed by atoms with van der Waals surface area (Å²) >= 11 is 5.20. The highest BCUT2D eigenvalue weighted by molar-refractivity contribution is 7.80. The van der Waals surface area contributed by atoms with Gasteiger partial charge in [-0.2, -0.15) is 5.10 Å². The van der Waals surface area contributed by atoms with Crippen LogP contribution in [0, 0.1) is 0 Å². The van der Waals surface area contributed by atoms with Crippen molar-refractivity contribution in [3.63, 3.8) is 0 Å². The minimum absolute atomic E-state index is 0.0477. The summed E-state index contributed by atoms with van der Waals surface area (Å²) in [5.74, 6) is 0. The van der Waals surface area contributed by atoms with Crippen molar-refractivity contribution < 1.29 is 0 Å². The molecule has 25 heavy (non-hydrogen) atoms. The van der Waals surface area contributed by atoms with Gasteiger partial charge in [-0.25, -0.2) is 4.79 Å². The van der Waals surface area contributed by atoms with Crippen LogP contribution in [-0.4, -0.2) is 20.5 Å². The lowest BCUT2D eigenvalue weighted by Gasteiger charge is -2.06. The fourth-order valence-electron chi connectivity index (χ4n) is 2.59. The Morgan fingerprint density at radius 2 is 1.84 bits per heavy atom. The number of thiocarbonyl (C=S) groups is 1. The van der Waals surface area contributed by atoms with Crippen molar-refractivity contribution in [1.29, 1.82) is 0 Å². The topological polar surface area (TPSA) is 63.4 Å². The quantitative estimate of drug-likeness (QED) is 0.427. The predicted octanol–water partition coefficient (Wildman–Crippen LogP) is 1.88. The summed E-state index contributed by atoms with van der Waals surface area (Å²) in [7, 11) is 3.52. The minimum atomic E-state index is -0.0477. The third kappa shape index (κ3) is 3.77. The summed E-state index contributed by atoms with van der Waals surface area (Å²) in [5.41, 5.74) is 6.52. The number of hydrogen-bond donors (Lipinski definition) is 2. The van der Waals surface area contributed by atoms with Gasteiger partial charge >= 0.3 is 5.69 Å². The fourth-order valence-corrected chi connectivity index (χ4v) is 2.71. The lowest BCUT2D eigenvalue weighted by molar-refractivity contribution is 0.795. The molecule has 0 saturated carbocycles. The molecule has 2 N–H and O–H groups in total. The van der Waals surface area contributed by atoms with Gasteiger partial charge in [0.05, 0.1) is 17.2 Å². The van der Waals surface area contributed by atoms with Crippen LogP contribution in [0.3, 0.4) is 0 Å². The normalized spacial score (nSPS) is 11.1. The standard InChI is InChI=1S/C18H19N5OS/c1-22-15-9-8-14(10-16(15)23(2)18(22)24)12-20-21-17(25)19-11-13-6-4-3-5-7-13/h3-10,12H,11H2,1-2H3,(H2,19,21,25)/b20-12-. The molecule has 0 aliphatic rings. The smallest absolute Gasteiger partial charge is 0.328 e. The molecule has 0 amide bonds. The molecule has 3 rings (SSSR count). The van der Waals surface area contributed by atoms with Crippen molar-refractivity contribution in [3.8, 4) is 0 Å². The van der Waals surface area contributed by atoms with Crippen LogP contribution in [0.2, 0.25) is 0 Å². The van der Waals surface area contributed by atoms with Crippen LogP contribution in [0.15, 0.2) is 58.4 Å². The molecule has 128 valence electrons. The molecule has 3 aromatic rings. The Labute approximate surface area is 150 Å². The van der Waals surface area contributed by atoms with E-state index >= 15 is 0 Å². The zero-order chi connectivity index (χ0) is 17.8. The maximum atomic E-state index is 11.9. The number of hydrogen-bond acceptors (Lipinski definition) is 3. The van der Waals surface area contributed by atoms with Gasteiger partial charge in [0.25, 0.3) is 0 Å². The van der Waals surface area contributed by atoms with E-state index in [2.05, 4.69) is 15.8 Å². The number of hydrazone groups is 1. The molecule has 0 atom stereocenters. The van der Waals surface area contributed by atoms with Crippen LogP contribution in [0.25, 0.3) is 11.0 Å². The average Bonchev–Trinajstić information content (AvgIpc) is 2.85. The van der Waals surface area contributed by atoms with E-state index in [1.54, 1.807) is 29.4 Å². The third-order valence-electron chi connectivity index (χ3n) is 3.97. The second kappa shape index (κ2) is 7.31.